The summed E-state index contributed by atoms with van der Waals surface area (Å²) in [5, 5.41) is 5.86. The molecule has 0 saturated carbocycles. The van der Waals surface area contributed by atoms with E-state index in [2.05, 4.69) is 39.6 Å². The Morgan fingerprint density at radius 1 is 0.938 bits per heavy atom. The molecule has 1 unspecified atom stereocenters. The third-order valence-corrected chi connectivity index (χ3v) is 5.97. The van der Waals surface area contributed by atoms with Gasteiger partial charge in [-0.15, -0.1) is 0 Å². The highest BCUT2D eigenvalue weighted by atomic mass is 16.2. The van der Waals surface area contributed by atoms with Crippen LogP contribution in [0.25, 0.3) is 0 Å². The zero-order valence-corrected chi connectivity index (χ0v) is 19.3. The predicted octanol–water partition coefficient (Wildman–Crippen LogP) is 2.94. The lowest BCUT2D eigenvalue weighted by atomic mass is 10.1. The Kier molecular flexibility index (Phi) is 9.26. The molecule has 1 saturated heterocycles. The first-order chi connectivity index (χ1) is 15.5. The number of nitrogens with zero attached hydrogens (tertiary/aromatic N) is 2. The van der Waals surface area contributed by atoms with Crippen molar-refractivity contribution in [2.75, 3.05) is 45.1 Å². The maximum Gasteiger partial charge on any atom is 0.246 e. The molecule has 0 aliphatic carbocycles. The summed E-state index contributed by atoms with van der Waals surface area (Å²) in [6, 6.07) is 17.1. The number of anilines is 1. The summed E-state index contributed by atoms with van der Waals surface area (Å²) in [6.07, 6.45) is 2.70. The zero-order valence-electron chi connectivity index (χ0n) is 19.3. The highest BCUT2D eigenvalue weighted by Gasteiger charge is 2.20. The molecule has 6 nitrogen and oxygen atoms in total. The van der Waals surface area contributed by atoms with E-state index >= 15 is 0 Å². The van der Waals surface area contributed by atoms with Gasteiger partial charge in [0.1, 0.15) is 6.04 Å². The van der Waals surface area contributed by atoms with Crippen LogP contribution in [0.3, 0.4) is 0 Å². The molecule has 2 aromatic rings. The SMILES string of the molecule is CCCC(NC(=O)Cc1ccccc1)C(=O)Nc1ccc(CCN2CCN(C)CC2)cc1. The van der Waals surface area contributed by atoms with Crippen LogP contribution in [0.15, 0.2) is 54.6 Å². The molecular formula is C26H36N4O2. The molecule has 0 spiro atoms. The second-order valence-electron chi connectivity index (χ2n) is 8.65. The molecule has 1 fully saturated rings. The van der Waals surface area contributed by atoms with Crippen molar-refractivity contribution in [2.24, 2.45) is 0 Å². The van der Waals surface area contributed by atoms with Gasteiger partial charge in [-0.25, -0.2) is 0 Å². The predicted molar refractivity (Wildman–Crippen MR) is 130 cm³/mol. The van der Waals surface area contributed by atoms with Crippen LogP contribution < -0.4 is 10.6 Å². The molecule has 3 rings (SSSR count). The average molecular weight is 437 g/mol. The number of benzene rings is 2. The largest absolute Gasteiger partial charge is 0.344 e. The molecule has 2 N–H and O–H groups in total. The van der Waals surface area contributed by atoms with Crippen molar-refractivity contribution in [1.29, 1.82) is 0 Å². The molecule has 1 atom stereocenters. The summed E-state index contributed by atoms with van der Waals surface area (Å²) in [5.74, 6) is -0.303. The van der Waals surface area contributed by atoms with Crippen molar-refractivity contribution < 1.29 is 9.59 Å². The smallest absolute Gasteiger partial charge is 0.246 e. The lowest BCUT2D eigenvalue weighted by Crippen LogP contribution is -2.45. The molecule has 172 valence electrons. The fraction of sp³-hybridized carbons (Fsp3) is 0.462. The summed E-state index contributed by atoms with van der Waals surface area (Å²) in [4.78, 5) is 30.1. The van der Waals surface area contributed by atoms with Crippen LogP contribution in [-0.4, -0.2) is 67.4 Å². The molecule has 0 bridgehead atoms. The van der Waals surface area contributed by atoms with Crippen molar-refractivity contribution in [3.8, 4) is 0 Å². The summed E-state index contributed by atoms with van der Waals surface area (Å²) in [7, 11) is 2.17. The minimum atomic E-state index is -0.534. The quantitative estimate of drug-likeness (QED) is 0.601. The Hall–Kier alpha value is -2.70. The minimum Gasteiger partial charge on any atom is -0.344 e. The van der Waals surface area contributed by atoms with E-state index < -0.39 is 6.04 Å². The molecule has 2 aromatic carbocycles. The lowest BCUT2D eigenvalue weighted by molar-refractivity contribution is -0.126. The summed E-state index contributed by atoms with van der Waals surface area (Å²) in [5.41, 5.74) is 2.97. The number of carbonyl (C=O) groups is 2. The van der Waals surface area contributed by atoms with Crippen LogP contribution in [0.4, 0.5) is 5.69 Å². The van der Waals surface area contributed by atoms with Gasteiger partial charge in [-0.1, -0.05) is 55.8 Å². The van der Waals surface area contributed by atoms with Gasteiger partial charge in [-0.3, -0.25) is 9.59 Å². The number of amides is 2. The minimum absolute atomic E-state index is 0.135. The molecule has 6 heteroatoms. The van der Waals surface area contributed by atoms with Crippen molar-refractivity contribution in [3.05, 3.63) is 65.7 Å². The van der Waals surface area contributed by atoms with Crippen LogP contribution in [0.1, 0.15) is 30.9 Å². The van der Waals surface area contributed by atoms with E-state index in [9.17, 15) is 9.59 Å². The van der Waals surface area contributed by atoms with E-state index in [1.165, 1.54) is 5.56 Å². The average Bonchev–Trinajstić information content (AvgIpc) is 2.80. The van der Waals surface area contributed by atoms with E-state index in [-0.39, 0.29) is 18.2 Å². The van der Waals surface area contributed by atoms with Gasteiger partial charge in [0, 0.05) is 38.4 Å². The second kappa shape index (κ2) is 12.4. The van der Waals surface area contributed by atoms with E-state index in [1.807, 2.05) is 49.4 Å². The van der Waals surface area contributed by atoms with Crippen molar-refractivity contribution >= 4 is 17.5 Å². The Morgan fingerprint density at radius 2 is 1.62 bits per heavy atom. The highest BCUT2D eigenvalue weighted by molar-refractivity contribution is 5.97. The first-order valence-electron chi connectivity index (χ1n) is 11.7. The molecule has 1 aliphatic rings. The Labute approximate surface area is 192 Å². The fourth-order valence-corrected chi connectivity index (χ4v) is 3.93. The van der Waals surface area contributed by atoms with Crippen LogP contribution >= 0.6 is 0 Å². The van der Waals surface area contributed by atoms with E-state index in [0.29, 0.717) is 6.42 Å². The summed E-state index contributed by atoms with van der Waals surface area (Å²) in [6.45, 7) is 7.58. The molecule has 1 heterocycles. The first-order valence-corrected chi connectivity index (χ1v) is 11.7. The molecule has 0 aromatic heterocycles. The summed E-state index contributed by atoms with van der Waals surface area (Å²) >= 11 is 0. The number of hydrogen-bond acceptors (Lipinski definition) is 4. The number of carbonyl (C=O) groups excluding carboxylic acids is 2. The van der Waals surface area contributed by atoms with Gasteiger partial charge < -0.3 is 20.4 Å². The molecule has 1 aliphatic heterocycles. The van der Waals surface area contributed by atoms with Crippen LogP contribution in [-0.2, 0) is 22.4 Å². The second-order valence-corrected chi connectivity index (χ2v) is 8.65. The van der Waals surface area contributed by atoms with Gasteiger partial charge in [-0.05, 0) is 43.1 Å². The van der Waals surface area contributed by atoms with Crippen molar-refractivity contribution in [1.82, 2.24) is 15.1 Å². The van der Waals surface area contributed by atoms with Gasteiger partial charge in [-0.2, -0.15) is 0 Å². The monoisotopic (exact) mass is 436 g/mol. The Balaban J connectivity index is 1.48. The molecule has 32 heavy (non-hydrogen) atoms. The number of likely N-dealkylation sites (N-methyl/N-ethyl adjacent to an activating group) is 1. The molecular weight excluding hydrogens is 400 g/mol. The molecule has 2 amide bonds. The third-order valence-electron chi connectivity index (χ3n) is 5.97. The van der Waals surface area contributed by atoms with Gasteiger partial charge >= 0.3 is 0 Å². The van der Waals surface area contributed by atoms with E-state index in [1.54, 1.807) is 0 Å². The highest BCUT2D eigenvalue weighted by Crippen LogP contribution is 2.13. The number of piperazine rings is 1. The van der Waals surface area contributed by atoms with Gasteiger partial charge in [0.05, 0.1) is 6.42 Å². The standard InChI is InChI=1S/C26H36N4O2/c1-3-7-24(28-25(31)20-22-8-5-4-6-9-22)26(32)27-23-12-10-21(11-13-23)14-15-30-18-16-29(2)17-19-30/h4-6,8-13,24H,3,7,14-20H2,1-2H3,(H,27,32)(H,28,31). The number of hydrogen-bond donors (Lipinski definition) is 2. The first kappa shape index (κ1) is 24.0. The van der Waals surface area contributed by atoms with E-state index in [0.717, 1.165) is 56.8 Å². The lowest BCUT2D eigenvalue weighted by Gasteiger charge is -2.32. The van der Waals surface area contributed by atoms with Crippen molar-refractivity contribution in [3.63, 3.8) is 0 Å². The maximum absolute atomic E-state index is 12.8. The summed E-state index contributed by atoms with van der Waals surface area (Å²) < 4.78 is 0. The van der Waals surface area contributed by atoms with Crippen LogP contribution in [0.2, 0.25) is 0 Å². The zero-order chi connectivity index (χ0) is 22.8. The number of nitrogens with one attached hydrogen (secondary N) is 2. The van der Waals surface area contributed by atoms with Crippen molar-refractivity contribution in [2.45, 2.75) is 38.6 Å². The van der Waals surface area contributed by atoms with Crippen LogP contribution in [0, 0.1) is 0 Å². The van der Waals surface area contributed by atoms with Gasteiger partial charge in [0.15, 0.2) is 0 Å². The van der Waals surface area contributed by atoms with Crippen LogP contribution in [0.5, 0.6) is 0 Å². The number of rotatable bonds is 10. The van der Waals surface area contributed by atoms with Gasteiger partial charge in [0.2, 0.25) is 11.8 Å². The Bertz CT molecular complexity index is 846. The van der Waals surface area contributed by atoms with E-state index in [4.69, 9.17) is 0 Å². The van der Waals surface area contributed by atoms with Gasteiger partial charge in [0.25, 0.3) is 0 Å². The third kappa shape index (κ3) is 7.77. The Morgan fingerprint density at radius 3 is 2.28 bits per heavy atom. The normalized spacial score (nSPS) is 15.8. The topological polar surface area (TPSA) is 64.7 Å². The maximum atomic E-state index is 12.8. The fourth-order valence-electron chi connectivity index (χ4n) is 3.93. The molecule has 0 radical (unpaired) electrons.